The van der Waals surface area contributed by atoms with E-state index in [-0.39, 0.29) is 17.2 Å². The topological polar surface area (TPSA) is 72.2 Å². The molecule has 0 saturated carbocycles. The van der Waals surface area contributed by atoms with Gasteiger partial charge < -0.3 is 9.67 Å². The summed E-state index contributed by atoms with van der Waals surface area (Å²) in [5.74, 6) is -1.02. The Labute approximate surface area is 116 Å². The van der Waals surface area contributed by atoms with Gasteiger partial charge in [0.15, 0.2) is 0 Å². The molecule has 0 aliphatic rings. The molecule has 1 unspecified atom stereocenters. The van der Waals surface area contributed by atoms with Crippen LogP contribution >= 0.6 is 0 Å². The molecule has 0 bridgehead atoms. The first-order valence-electron chi connectivity index (χ1n) is 6.29. The van der Waals surface area contributed by atoms with Crippen LogP contribution in [0.1, 0.15) is 40.1 Å². The van der Waals surface area contributed by atoms with Crippen molar-refractivity contribution in [2.45, 2.75) is 26.8 Å². The highest BCUT2D eigenvalue weighted by Crippen LogP contribution is 2.20. The molecule has 0 aromatic carbocycles. The second-order valence-corrected chi connectivity index (χ2v) is 4.76. The Balaban J connectivity index is 2.66. The summed E-state index contributed by atoms with van der Waals surface area (Å²) in [6.45, 7) is 5.17. The predicted octanol–water partition coefficient (Wildman–Crippen LogP) is 2.17. The van der Waals surface area contributed by atoms with Crippen molar-refractivity contribution in [3.63, 3.8) is 0 Å². The standard InChI is InChI=1S/C15H16N2O3/c1-9-8-13(18)17(11(3)14(9)15(19)20)10(2)12-4-6-16-7-5-12/h4-8,10H,1-3H3,(H,19,20). The Hall–Kier alpha value is -2.43. The predicted molar refractivity (Wildman–Crippen MR) is 75.2 cm³/mol. The van der Waals surface area contributed by atoms with Crippen LogP contribution in [0.25, 0.3) is 0 Å². The van der Waals surface area contributed by atoms with E-state index < -0.39 is 5.97 Å². The molecule has 0 spiro atoms. The number of hydrogen-bond acceptors (Lipinski definition) is 3. The first-order chi connectivity index (χ1) is 9.43. The van der Waals surface area contributed by atoms with Crippen LogP contribution in [0.3, 0.4) is 0 Å². The summed E-state index contributed by atoms with van der Waals surface area (Å²) in [5, 5.41) is 9.29. The van der Waals surface area contributed by atoms with Gasteiger partial charge in [-0.15, -0.1) is 0 Å². The molecule has 5 heteroatoms. The van der Waals surface area contributed by atoms with Crippen molar-refractivity contribution in [3.05, 3.63) is 63.3 Å². The minimum atomic E-state index is -1.02. The number of nitrogens with zero attached hydrogens (tertiary/aromatic N) is 2. The second-order valence-electron chi connectivity index (χ2n) is 4.76. The fourth-order valence-corrected chi connectivity index (χ4v) is 2.49. The van der Waals surface area contributed by atoms with Crippen molar-refractivity contribution >= 4 is 5.97 Å². The number of hydrogen-bond donors (Lipinski definition) is 1. The van der Waals surface area contributed by atoms with E-state index in [1.54, 1.807) is 26.2 Å². The van der Waals surface area contributed by atoms with Crippen LogP contribution < -0.4 is 5.56 Å². The van der Waals surface area contributed by atoms with E-state index in [0.717, 1.165) is 5.56 Å². The molecule has 0 aliphatic heterocycles. The van der Waals surface area contributed by atoms with Gasteiger partial charge in [0.05, 0.1) is 11.6 Å². The van der Waals surface area contributed by atoms with Gasteiger partial charge in [0, 0.05) is 24.2 Å². The molecule has 2 rings (SSSR count). The second kappa shape index (κ2) is 5.28. The average Bonchev–Trinajstić information content (AvgIpc) is 2.38. The smallest absolute Gasteiger partial charge is 0.337 e. The van der Waals surface area contributed by atoms with E-state index in [1.807, 2.05) is 19.1 Å². The molecule has 5 nitrogen and oxygen atoms in total. The van der Waals surface area contributed by atoms with Gasteiger partial charge in [-0.2, -0.15) is 0 Å². The highest BCUT2D eigenvalue weighted by Gasteiger charge is 2.19. The number of carboxylic acids is 1. The molecule has 0 fully saturated rings. The number of aromatic nitrogens is 2. The van der Waals surface area contributed by atoms with Crippen LogP contribution in [-0.4, -0.2) is 20.6 Å². The van der Waals surface area contributed by atoms with E-state index in [2.05, 4.69) is 4.98 Å². The van der Waals surface area contributed by atoms with Gasteiger partial charge in [-0.3, -0.25) is 9.78 Å². The maximum atomic E-state index is 12.2. The fraction of sp³-hybridized carbons (Fsp3) is 0.267. The molecule has 1 atom stereocenters. The third-order valence-corrected chi connectivity index (χ3v) is 3.48. The number of carbonyl (C=O) groups is 1. The lowest BCUT2D eigenvalue weighted by Crippen LogP contribution is -2.28. The van der Waals surface area contributed by atoms with Crippen LogP contribution in [0.4, 0.5) is 0 Å². The molecule has 1 N–H and O–H groups in total. The summed E-state index contributed by atoms with van der Waals surface area (Å²) in [5.41, 5.74) is 1.84. The van der Waals surface area contributed by atoms with Crippen molar-refractivity contribution < 1.29 is 9.90 Å². The van der Waals surface area contributed by atoms with E-state index in [1.165, 1.54) is 10.6 Å². The van der Waals surface area contributed by atoms with Gasteiger partial charge in [0.2, 0.25) is 0 Å². The van der Waals surface area contributed by atoms with Crippen LogP contribution in [0.2, 0.25) is 0 Å². The average molecular weight is 272 g/mol. The summed E-state index contributed by atoms with van der Waals surface area (Å²) < 4.78 is 1.51. The third-order valence-electron chi connectivity index (χ3n) is 3.48. The first kappa shape index (κ1) is 14.0. The zero-order valence-electron chi connectivity index (χ0n) is 11.6. The molecular weight excluding hydrogens is 256 g/mol. The number of aryl methyl sites for hydroxylation is 1. The molecule has 104 valence electrons. The molecule has 2 aromatic heterocycles. The Morgan fingerprint density at radius 2 is 1.90 bits per heavy atom. The monoisotopic (exact) mass is 272 g/mol. The van der Waals surface area contributed by atoms with Gasteiger partial charge in [0.1, 0.15) is 0 Å². The SMILES string of the molecule is Cc1cc(=O)n(C(C)c2ccncc2)c(C)c1C(=O)O. The zero-order valence-corrected chi connectivity index (χ0v) is 11.6. The molecular formula is C15H16N2O3. The number of pyridine rings is 2. The minimum absolute atomic E-state index is 0.186. The number of aromatic carboxylic acids is 1. The van der Waals surface area contributed by atoms with Crippen molar-refractivity contribution in [3.8, 4) is 0 Å². The lowest BCUT2D eigenvalue weighted by molar-refractivity contribution is 0.0694. The Morgan fingerprint density at radius 1 is 1.30 bits per heavy atom. The Morgan fingerprint density at radius 3 is 2.45 bits per heavy atom. The molecule has 0 aliphatic carbocycles. The number of rotatable bonds is 3. The summed E-state index contributed by atoms with van der Waals surface area (Å²) in [6.07, 6.45) is 3.30. The largest absolute Gasteiger partial charge is 0.478 e. The van der Waals surface area contributed by atoms with Gasteiger partial charge in [-0.25, -0.2) is 4.79 Å². The Bertz CT molecular complexity index is 705. The van der Waals surface area contributed by atoms with Crippen molar-refractivity contribution in [2.75, 3.05) is 0 Å². The highest BCUT2D eigenvalue weighted by atomic mass is 16.4. The lowest BCUT2D eigenvalue weighted by atomic mass is 10.0. The first-order valence-corrected chi connectivity index (χ1v) is 6.29. The van der Waals surface area contributed by atoms with Crippen molar-refractivity contribution in [1.29, 1.82) is 0 Å². The van der Waals surface area contributed by atoms with Crippen LogP contribution in [-0.2, 0) is 0 Å². The maximum absolute atomic E-state index is 12.2. The summed E-state index contributed by atoms with van der Waals surface area (Å²) in [4.78, 5) is 27.5. The normalized spacial score (nSPS) is 12.2. The molecule has 2 aromatic rings. The molecule has 0 radical (unpaired) electrons. The van der Waals surface area contributed by atoms with Gasteiger partial charge in [-0.05, 0) is 44.0 Å². The van der Waals surface area contributed by atoms with Crippen molar-refractivity contribution in [2.24, 2.45) is 0 Å². The van der Waals surface area contributed by atoms with Gasteiger partial charge >= 0.3 is 5.97 Å². The summed E-state index contributed by atoms with van der Waals surface area (Å²) >= 11 is 0. The Kier molecular flexibility index (Phi) is 3.70. The quantitative estimate of drug-likeness (QED) is 0.929. The molecule has 2 heterocycles. The molecule has 0 saturated heterocycles. The fourth-order valence-electron chi connectivity index (χ4n) is 2.49. The highest BCUT2D eigenvalue weighted by molar-refractivity contribution is 5.90. The van der Waals surface area contributed by atoms with Gasteiger partial charge in [-0.1, -0.05) is 0 Å². The summed E-state index contributed by atoms with van der Waals surface area (Å²) in [7, 11) is 0. The number of carboxylic acid groups (broad SMARTS) is 1. The van der Waals surface area contributed by atoms with Crippen LogP contribution in [0, 0.1) is 13.8 Å². The van der Waals surface area contributed by atoms with E-state index in [4.69, 9.17) is 0 Å². The zero-order chi connectivity index (χ0) is 14.9. The minimum Gasteiger partial charge on any atom is -0.478 e. The summed E-state index contributed by atoms with van der Waals surface area (Å²) in [6, 6.07) is 4.76. The van der Waals surface area contributed by atoms with E-state index in [9.17, 15) is 14.7 Å². The lowest BCUT2D eigenvalue weighted by Gasteiger charge is -2.20. The third kappa shape index (κ3) is 2.34. The van der Waals surface area contributed by atoms with Crippen LogP contribution in [0.5, 0.6) is 0 Å². The molecule has 20 heavy (non-hydrogen) atoms. The van der Waals surface area contributed by atoms with E-state index in [0.29, 0.717) is 11.3 Å². The maximum Gasteiger partial charge on any atom is 0.337 e. The van der Waals surface area contributed by atoms with E-state index >= 15 is 0 Å². The molecule has 0 amide bonds. The van der Waals surface area contributed by atoms with Crippen molar-refractivity contribution in [1.82, 2.24) is 9.55 Å². The van der Waals surface area contributed by atoms with Gasteiger partial charge in [0.25, 0.3) is 5.56 Å². The van der Waals surface area contributed by atoms with Crippen LogP contribution in [0.15, 0.2) is 35.4 Å².